The van der Waals surface area contributed by atoms with E-state index in [1.165, 1.54) is 23.6 Å². The van der Waals surface area contributed by atoms with E-state index in [1.807, 2.05) is 4.90 Å². The Labute approximate surface area is 129 Å². The van der Waals surface area contributed by atoms with Gasteiger partial charge in [-0.3, -0.25) is 9.59 Å². The molecular formula is C17H21N3O2. The van der Waals surface area contributed by atoms with Gasteiger partial charge in [-0.1, -0.05) is 11.6 Å². The van der Waals surface area contributed by atoms with E-state index in [1.54, 1.807) is 17.8 Å². The first-order chi connectivity index (χ1) is 10.7. The summed E-state index contributed by atoms with van der Waals surface area (Å²) < 4.78 is 1.26. The molecule has 0 radical (unpaired) electrons. The summed E-state index contributed by atoms with van der Waals surface area (Å²) in [6.07, 6.45) is 10.9. The lowest BCUT2D eigenvalue weighted by atomic mass is 9.95. The largest absolute Gasteiger partial charge is 0.334 e. The van der Waals surface area contributed by atoms with Crippen LogP contribution in [0.4, 0.5) is 0 Å². The topological polar surface area (TPSA) is 55.2 Å². The maximum atomic E-state index is 12.6. The Hall–Kier alpha value is -1.91. The van der Waals surface area contributed by atoms with Crippen molar-refractivity contribution in [2.75, 3.05) is 0 Å². The van der Waals surface area contributed by atoms with Crippen LogP contribution in [-0.2, 0) is 11.3 Å². The minimum atomic E-state index is -0.213. The molecule has 3 fully saturated rings. The molecule has 116 valence electrons. The molecule has 2 saturated heterocycles. The van der Waals surface area contributed by atoms with E-state index in [4.69, 9.17) is 0 Å². The Balaban J connectivity index is 1.48. The van der Waals surface area contributed by atoms with Crippen molar-refractivity contribution in [1.29, 1.82) is 0 Å². The second-order valence-corrected chi connectivity index (χ2v) is 6.78. The Morgan fingerprint density at radius 1 is 1.23 bits per heavy atom. The number of rotatable bonds is 3. The molecule has 1 aromatic rings. The third-order valence-electron chi connectivity index (χ3n) is 5.07. The van der Waals surface area contributed by atoms with Crippen LogP contribution >= 0.6 is 0 Å². The maximum Gasteiger partial charge on any atom is 0.267 e. The molecule has 2 unspecified atom stereocenters. The summed E-state index contributed by atoms with van der Waals surface area (Å²) >= 11 is 0. The van der Waals surface area contributed by atoms with Crippen LogP contribution in [-0.4, -0.2) is 32.7 Å². The van der Waals surface area contributed by atoms with Crippen molar-refractivity contribution in [2.45, 2.75) is 57.2 Å². The molecule has 1 amide bonds. The molecule has 5 nitrogen and oxygen atoms in total. The average molecular weight is 299 g/mol. The van der Waals surface area contributed by atoms with Crippen LogP contribution in [0.15, 0.2) is 34.8 Å². The van der Waals surface area contributed by atoms with Gasteiger partial charge in [0.1, 0.15) is 6.54 Å². The lowest BCUT2D eigenvalue weighted by Gasteiger charge is -2.36. The zero-order chi connectivity index (χ0) is 15.1. The predicted molar refractivity (Wildman–Crippen MR) is 82.2 cm³/mol. The Morgan fingerprint density at radius 3 is 2.59 bits per heavy atom. The van der Waals surface area contributed by atoms with Gasteiger partial charge in [0.2, 0.25) is 5.91 Å². The molecule has 3 aliphatic rings. The van der Waals surface area contributed by atoms with E-state index in [0.717, 1.165) is 31.6 Å². The highest BCUT2D eigenvalue weighted by molar-refractivity contribution is 5.77. The molecule has 0 N–H and O–H groups in total. The molecule has 1 saturated carbocycles. The normalized spacial score (nSPS) is 27.1. The van der Waals surface area contributed by atoms with Crippen LogP contribution in [0.2, 0.25) is 0 Å². The lowest BCUT2D eigenvalue weighted by molar-refractivity contribution is -0.135. The number of allylic oxidation sites excluding steroid dienone is 1. The summed E-state index contributed by atoms with van der Waals surface area (Å²) in [6.45, 7) is 0.0638. The number of hydrogen-bond acceptors (Lipinski definition) is 3. The van der Waals surface area contributed by atoms with E-state index < -0.39 is 0 Å². The number of piperidine rings is 1. The van der Waals surface area contributed by atoms with Crippen LogP contribution in [0.5, 0.6) is 0 Å². The standard InChI is InChI=1S/C17H21N3O2/c21-16-2-1-7-18-19(16)11-17(22)20-14-5-6-15(20)10-13(9-14)8-12-3-4-12/h1-2,7-8,12,14-15H,3-6,9-11H2. The van der Waals surface area contributed by atoms with Crippen molar-refractivity contribution in [1.82, 2.24) is 14.7 Å². The molecule has 2 bridgehead atoms. The molecule has 3 heterocycles. The molecule has 1 aliphatic carbocycles. The van der Waals surface area contributed by atoms with Gasteiger partial charge in [0.15, 0.2) is 0 Å². The molecule has 4 rings (SSSR count). The maximum absolute atomic E-state index is 12.6. The van der Waals surface area contributed by atoms with Gasteiger partial charge < -0.3 is 4.90 Å². The van der Waals surface area contributed by atoms with Crippen LogP contribution in [0, 0.1) is 5.92 Å². The first kappa shape index (κ1) is 13.7. The Morgan fingerprint density at radius 2 is 1.95 bits per heavy atom. The summed E-state index contributed by atoms with van der Waals surface area (Å²) in [6, 6.07) is 3.70. The van der Waals surface area contributed by atoms with Crippen LogP contribution < -0.4 is 5.56 Å². The van der Waals surface area contributed by atoms with Crippen molar-refractivity contribution in [2.24, 2.45) is 5.92 Å². The number of aromatic nitrogens is 2. The summed E-state index contributed by atoms with van der Waals surface area (Å²) in [5.74, 6) is 0.850. The zero-order valence-corrected chi connectivity index (χ0v) is 12.6. The SMILES string of the molecule is O=C(Cn1ncccc1=O)N1C2CCC1CC(=CC1CC1)C2. The van der Waals surface area contributed by atoms with Crippen LogP contribution in [0.3, 0.4) is 0 Å². The van der Waals surface area contributed by atoms with E-state index >= 15 is 0 Å². The summed E-state index contributed by atoms with van der Waals surface area (Å²) in [5, 5.41) is 3.99. The second-order valence-electron chi connectivity index (χ2n) is 6.78. The van der Waals surface area contributed by atoms with Gasteiger partial charge in [0.25, 0.3) is 5.56 Å². The monoisotopic (exact) mass is 299 g/mol. The van der Waals surface area contributed by atoms with Crippen molar-refractivity contribution in [3.63, 3.8) is 0 Å². The van der Waals surface area contributed by atoms with Gasteiger partial charge in [0, 0.05) is 24.3 Å². The van der Waals surface area contributed by atoms with Crippen molar-refractivity contribution < 1.29 is 4.79 Å². The quantitative estimate of drug-likeness (QED) is 0.799. The second kappa shape index (κ2) is 5.38. The molecule has 1 aromatic heterocycles. The molecule has 22 heavy (non-hydrogen) atoms. The first-order valence-electron chi connectivity index (χ1n) is 8.23. The number of carbonyl (C=O) groups is 1. The summed E-state index contributed by atoms with van der Waals surface area (Å²) in [5.41, 5.74) is 1.34. The fraction of sp³-hybridized carbons (Fsp3) is 0.588. The minimum absolute atomic E-state index is 0.0405. The highest BCUT2D eigenvalue weighted by atomic mass is 16.2. The van der Waals surface area contributed by atoms with Gasteiger partial charge in [-0.25, -0.2) is 4.68 Å². The molecular weight excluding hydrogens is 278 g/mol. The molecule has 0 aromatic carbocycles. The van der Waals surface area contributed by atoms with Crippen LogP contribution in [0.25, 0.3) is 0 Å². The first-order valence-corrected chi connectivity index (χ1v) is 8.23. The Kier molecular flexibility index (Phi) is 3.36. The fourth-order valence-corrected chi connectivity index (χ4v) is 3.91. The highest BCUT2D eigenvalue weighted by Gasteiger charge is 2.41. The van der Waals surface area contributed by atoms with Gasteiger partial charge in [-0.15, -0.1) is 0 Å². The van der Waals surface area contributed by atoms with Gasteiger partial charge in [-0.2, -0.15) is 5.10 Å². The van der Waals surface area contributed by atoms with E-state index in [9.17, 15) is 9.59 Å². The smallest absolute Gasteiger partial charge is 0.267 e. The van der Waals surface area contributed by atoms with E-state index in [2.05, 4.69) is 11.2 Å². The number of fused-ring (bicyclic) bond motifs is 2. The predicted octanol–water partition coefficient (Wildman–Crippen LogP) is 1.73. The average Bonchev–Trinajstić information content (AvgIpc) is 3.26. The van der Waals surface area contributed by atoms with Crippen LogP contribution in [0.1, 0.15) is 38.5 Å². The number of amides is 1. The van der Waals surface area contributed by atoms with Crippen molar-refractivity contribution in [3.05, 3.63) is 40.3 Å². The van der Waals surface area contributed by atoms with E-state index in [-0.39, 0.29) is 18.0 Å². The van der Waals surface area contributed by atoms with E-state index in [0.29, 0.717) is 12.1 Å². The van der Waals surface area contributed by atoms with Gasteiger partial charge >= 0.3 is 0 Å². The van der Waals surface area contributed by atoms with Gasteiger partial charge in [-0.05, 0) is 50.5 Å². The summed E-state index contributed by atoms with van der Waals surface area (Å²) in [4.78, 5) is 26.4. The molecule has 2 aliphatic heterocycles. The minimum Gasteiger partial charge on any atom is -0.334 e. The summed E-state index contributed by atoms with van der Waals surface area (Å²) in [7, 11) is 0. The Bertz CT molecular complexity index is 658. The van der Waals surface area contributed by atoms with Crippen molar-refractivity contribution >= 4 is 5.91 Å². The number of hydrogen-bond donors (Lipinski definition) is 0. The number of carbonyl (C=O) groups excluding carboxylic acids is 1. The fourth-order valence-electron chi connectivity index (χ4n) is 3.91. The molecule has 5 heteroatoms. The number of nitrogens with zero attached hydrogens (tertiary/aromatic N) is 3. The van der Waals surface area contributed by atoms with Gasteiger partial charge in [0.05, 0.1) is 0 Å². The lowest BCUT2D eigenvalue weighted by Crippen LogP contribution is -2.47. The molecule has 2 atom stereocenters. The zero-order valence-electron chi connectivity index (χ0n) is 12.6. The third kappa shape index (κ3) is 2.60. The molecule has 0 spiro atoms. The highest BCUT2D eigenvalue weighted by Crippen LogP contribution is 2.41. The van der Waals surface area contributed by atoms with Crippen molar-refractivity contribution in [3.8, 4) is 0 Å². The third-order valence-corrected chi connectivity index (χ3v) is 5.07.